The quantitative estimate of drug-likeness (QED) is 0.211. The second kappa shape index (κ2) is 12.4. The first kappa shape index (κ1) is 28.4. The number of nitro groups is 1. The largest absolute Gasteiger partial charge is 0.460 e. The van der Waals surface area contributed by atoms with Crippen LogP contribution in [0.4, 0.5) is 5.69 Å². The zero-order valence-corrected chi connectivity index (χ0v) is 22.5. The van der Waals surface area contributed by atoms with Crippen LogP contribution in [0.25, 0.3) is 0 Å². The molecule has 0 spiro atoms. The smallest absolute Gasteiger partial charge is 0.337 e. The number of hydrogen-bond donors (Lipinski definition) is 1. The van der Waals surface area contributed by atoms with Crippen molar-refractivity contribution in [2.75, 3.05) is 20.3 Å². The maximum atomic E-state index is 13.8. The number of carbonyl (C=O) groups excluding carboxylic acids is 2. The lowest BCUT2D eigenvalue weighted by atomic mass is 9.75. The summed E-state index contributed by atoms with van der Waals surface area (Å²) in [5, 5.41) is 14.7. The number of benzene rings is 1. The molecule has 1 heterocycles. The molecule has 9 heteroatoms. The Morgan fingerprint density at radius 3 is 2.41 bits per heavy atom. The number of non-ortho nitro benzene ring substituents is 1. The zero-order valence-electron chi connectivity index (χ0n) is 22.5. The van der Waals surface area contributed by atoms with Gasteiger partial charge < -0.3 is 19.5 Å². The Kier molecular flexibility index (Phi) is 9.48. The molecule has 1 aliphatic heterocycles. The van der Waals surface area contributed by atoms with Gasteiger partial charge in [0.1, 0.15) is 12.7 Å². The minimum atomic E-state index is -0.887. The summed E-state index contributed by atoms with van der Waals surface area (Å²) in [5.41, 5.74) is 1.83. The summed E-state index contributed by atoms with van der Waals surface area (Å²) < 4.78 is 16.6. The number of nitrogens with one attached hydrogen (secondary N) is 1. The molecule has 4 atom stereocenters. The van der Waals surface area contributed by atoms with E-state index in [9.17, 15) is 19.7 Å². The fraction of sp³-hybridized carbons (Fsp3) is 0.571. The van der Waals surface area contributed by atoms with Crippen LogP contribution < -0.4 is 5.32 Å². The number of nitrogens with zero attached hydrogens (tertiary/aromatic N) is 1. The van der Waals surface area contributed by atoms with E-state index in [0.717, 1.165) is 19.3 Å². The van der Waals surface area contributed by atoms with E-state index in [4.69, 9.17) is 14.2 Å². The molecule has 1 aromatic carbocycles. The highest BCUT2D eigenvalue weighted by Gasteiger charge is 2.41. The van der Waals surface area contributed by atoms with Crippen molar-refractivity contribution in [2.24, 2.45) is 17.8 Å². The lowest BCUT2D eigenvalue weighted by Crippen LogP contribution is -2.38. The molecule has 0 aromatic heterocycles. The van der Waals surface area contributed by atoms with Gasteiger partial charge in [0.15, 0.2) is 0 Å². The first-order valence-electron chi connectivity index (χ1n) is 12.8. The molecule has 1 N–H and O–H groups in total. The number of hydrogen-bond acceptors (Lipinski definition) is 8. The van der Waals surface area contributed by atoms with Gasteiger partial charge in [-0.25, -0.2) is 9.59 Å². The summed E-state index contributed by atoms with van der Waals surface area (Å²) in [6.45, 7) is 10.2. The number of dihydropyridines is 1. The van der Waals surface area contributed by atoms with Gasteiger partial charge in [-0.3, -0.25) is 10.1 Å². The zero-order chi connectivity index (χ0) is 27.3. The number of esters is 2. The van der Waals surface area contributed by atoms with Gasteiger partial charge in [-0.15, -0.1) is 0 Å². The van der Waals surface area contributed by atoms with Crippen LogP contribution in [0.2, 0.25) is 0 Å². The van der Waals surface area contributed by atoms with Crippen LogP contribution >= 0.6 is 0 Å². The number of allylic oxidation sites excluding steroid dienone is 2. The highest BCUT2D eigenvalue weighted by atomic mass is 16.6. The molecular weight excluding hydrogens is 476 g/mol. The van der Waals surface area contributed by atoms with E-state index in [1.54, 1.807) is 26.0 Å². The Labute approximate surface area is 218 Å². The molecule has 37 heavy (non-hydrogen) atoms. The number of nitro benzene ring substituents is 1. The van der Waals surface area contributed by atoms with E-state index < -0.39 is 22.8 Å². The van der Waals surface area contributed by atoms with E-state index in [-0.39, 0.29) is 42.1 Å². The summed E-state index contributed by atoms with van der Waals surface area (Å²) in [6, 6.07) is 6.00. The normalized spacial score (nSPS) is 24.1. The van der Waals surface area contributed by atoms with Crippen molar-refractivity contribution in [3.63, 3.8) is 0 Å². The predicted molar refractivity (Wildman–Crippen MR) is 138 cm³/mol. The van der Waals surface area contributed by atoms with Gasteiger partial charge in [0, 0.05) is 30.6 Å². The van der Waals surface area contributed by atoms with Crippen molar-refractivity contribution in [1.29, 1.82) is 0 Å². The molecule has 202 valence electrons. The number of ether oxygens (including phenoxy) is 3. The molecule has 1 aromatic rings. The highest BCUT2D eigenvalue weighted by molar-refractivity contribution is 6.00. The first-order valence-corrected chi connectivity index (χ1v) is 12.8. The van der Waals surface area contributed by atoms with Crippen molar-refractivity contribution in [3.05, 3.63) is 62.5 Å². The third kappa shape index (κ3) is 6.57. The van der Waals surface area contributed by atoms with Gasteiger partial charge in [0.05, 0.1) is 28.6 Å². The molecule has 1 fully saturated rings. The Morgan fingerprint density at radius 1 is 1.11 bits per heavy atom. The predicted octanol–water partition coefficient (Wildman–Crippen LogP) is 5.02. The van der Waals surface area contributed by atoms with Crippen molar-refractivity contribution in [2.45, 2.75) is 65.9 Å². The molecule has 0 saturated heterocycles. The van der Waals surface area contributed by atoms with Crippen molar-refractivity contribution in [3.8, 4) is 0 Å². The van der Waals surface area contributed by atoms with Crippen molar-refractivity contribution < 1.29 is 28.7 Å². The standard InChI is InChI=1S/C28H38N2O7/c1-16(2)22-11-10-17(3)14-23(22)37-28(32)25-19(5)29-18(4)24(27(31)36-13-12-35-6)26(25)20-8-7-9-21(15-20)30(33)34/h7-9,15-17,22-23,26,29H,10-14H2,1-6H3/t17-,22+,23-,26-/m1/s1. The van der Waals surface area contributed by atoms with Crippen LogP contribution in [0.3, 0.4) is 0 Å². The second-order valence-corrected chi connectivity index (χ2v) is 10.4. The molecule has 1 aliphatic carbocycles. The fourth-order valence-corrected chi connectivity index (χ4v) is 5.43. The first-order chi connectivity index (χ1) is 17.5. The van der Waals surface area contributed by atoms with E-state index in [2.05, 4.69) is 26.1 Å². The number of rotatable bonds is 9. The summed E-state index contributed by atoms with van der Waals surface area (Å²) in [7, 11) is 1.50. The number of carbonyl (C=O) groups is 2. The average Bonchev–Trinajstić information content (AvgIpc) is 2.83. The topological polar surface area (TPSA) is 117 Å². The number of methoxy groups -OCH3 is 1. The van der Waals surface area contributed by atoms with Crippen LogP contribution in [0.1, 0.15) is 65.4 Å². The summed E-state index contributed by atoms with van der Waals surface area (Å²) in [4.78, 5) is 38.1. The SMILES string of the molecule is COCCOC(=O)C1=C(C)NC(C)=C(C(=O)O[C@@H]2C[C@H](C)CC[C@H]2C(C)C)[C@@H]1c1cccc([N+](=O)[O-])c1. The summed E-state index contributed by atoms with van der Waals surface area (Å²) in [6.07, 6.45) is 2.61. The van der Waals surface area contributed by atoms with Crippen LogP contribution in [0.5, 0.6) is 0 Å². The van der Waals surface area contributed by atoms with Gasteiger partial charge in [0.2, 0.25) is 0 Å². The Bertz CT molecular complexity index is 1090. The molecule has 2 aliphatic rings. The molecule has 9 nitrogen and oxygen atoms in total. The molecule has 1 saturated carbocycles. The second-order valence-electron chi connectivity index (χ2n) is 10.4. The van der Waals surface area contributed by atoms with Gasteiger partial charge in [0.25, 0.3) is 5.69 Å². The maximum Gasteiger partial charge on any atom is 0.337 e. The van der Waals surface area contributed by atoms with Crippen LogP contribution in [-0.4, -0.2) is 43.3 Å². The molecule has 0 bridgehead atoms. The average molecular weight is 515 g/mol. The van der Waals surface area contributed by atoms with Crippen LogP contribution in [0.15, 0.2) is 46.8 Å². The lowest BCUT2D eigenvalue weighted by molar-refractivity contribution is -0.384. The maximum absolute atomic E-state index is 13.8. The Hall–Kier alpha value is -3.20. The van der Waals surface area contributed by atoms with E-state index in [1.807, 2.05) is 0 Å². The monoisotopic (exact) mass is 514 g/mol. The van der Waals surface area contributed by atoms with Crippen LogP contribution in [-0.2, 0) is 23.8 Å². The van der Waals surface area contributed by atoms with E-state index in [0.29, 0.717) is 28.8 Å². The lowest BCUT2D eigenvalue weighted by Gasteiger charge is -2.38. The molecule has 3 rings (SSSR count). The van der Waals surface area contributed by atoms with E-state index in [1.165, 1.54) is 19.2 Å². The fourth-order valence-electron chi connectivity index (χ4n) is 5.43. The third-order valence-electron chi connectivity index (χ3n) is 7.35. The van der Waals surface area contributed by atoms with Crippen molar-refractivity contribution >= 4 is 17.6 Å². The Morgan fingerprint density at radius 2 is 1.78 bits per heavy atom. The third-order valence-corrected chi connectivity index (χ3v) is 7.35. The van der Waals surface area contributed by atoms with Gasteiger partial charge in [-0.1, -0.05) is 39.3 Å². The van der Waals surface area contributed by atoms with Crippen molar-refractivity contribution in [1.82, 2.24) is 5.32 Å². The minimum absolute atomic E-state index is 0.0340. The van der Waals surface area contributed by atoms with Gasteiger partial charge in [-0.2, -0.15) is 0 Å². The summed E-state index contributed by atoms with van der Waals surface area (Å²) in [5.74, 6) is -1.00. The van der Waals surface area contributed by atoms with E-state index >= 15 is 0 Å². The molecule has 0 amide bonds. The van der Waals surface area contributed by atoms with Gasteiger partial charge >= 0.3 is 11.9 Å². The highest BCUT2D eigenvalue weighted by Crippen LogP contribution is 2.42. The van der Waals surface area contributed by atoms with Gasteiger partial charge in [-0.05, 0) is 50.0 Å². The molecule has 0 radical (unpaired) electrons. The summed E-state index contributed by atoms with van der Waals surface area (Å²) >= 11 is 0. The van der Waals surface area contributed by atoms with Crippen LogP contribution in [0, 0.1) is 27.9 Å². The molecule has 0 unspecified atom stereocenters. The minimum Gasteiger partial charge on any atom is -0.460 e. The Balaban J connectivity index is 2.04. The molecular formula is C28H38N2O7.